The summed E-state index contributed by atoms with van der Waals surface area (Å²) in [6, 6.07) is 8.37. The second-order valence-electron chi connectivity index (χ2n) is 6.10. The Kier molecular flexibility index (Phi) is 5.84. The van der Waals surface area contributed by atoms with Crippen molar-refractivity contribution in [2.24, 2.45) is 0 Å². The number of carbonyl (C=O) groups is 2. The first-order valence-corrected chi connectivity index (χ1v) is 9.06. The molecule has 1 aromatic heterocycles. The summed E-state index contributed by atoms with van der Waals surface area (Å²) in [5.41, 5.74) is -0.0350. The van der Waals surface area contributed by atoms with Crippen LogP contribution in [0.4, 0.5) is 8.78 Å². The van der Waals surface area contributed by atoms with Crippen molar-refractivity contribution >= 4 is 38.7 Å². The molecule has 0 saturated heterocycles. The lowest BCUT2D eigenvalue weighted by Crippen LogP contribution is -2.43. The molecule has 1 amide bonds. The highest BCUT2D eigenvalue weighted by molar-refractivity contribution is 9.10. The average Bonchev–Trinajstić information content (AvgIpc) is 2.68. The molecule has 2 aromatic carbocycles. The van der Waals surface area contributed by atoms with Crippen LogP contribution in [-0.2, 0) is 11.2 Å². The quantitative estimate of drug-likeness (QED) is 0.606. The highest BCUT2D eigenvalue weighted by Gasteiger charge is 2.26. The van der Waals surface area contributed by atoms with Gasteiger partial charge in [0.05, 0.1) is 17.1 Å². The molecule has 146 valence electrons. The molecule has 2 N–H and O–H groups in total. The molecule has 1 atom stereocenters. The van der Waals surface area contributed by atoms with E-state index < -0.39 is 35.1 Å². The van der Waals surface area contributed by atoms with Gasteiger partial charge in [-0.05, 0) is 45.8 Å². The van der Waals surface area contributed by atoms with Crippen LogP contribution in [0.2, 0.25) is 0 Å². The monoisotopic (exact) mass is 459 g/mol. The Hall–Kier alpha value is -3.38. The molecule has 6 nitrogen and oxygen atoms in total. The van der Waals surface area contributed by atoms with Crippen molar-refractivity contribution in [1.82, 2.24) is 10.3 Å². The van der Waals surface area contributed by atoms with Gasteiger partial charge in [-0.25, -0.2) is 13.6 Å². The number of fused-ring (bicyclic) bond motifs is 1. The summed E-state index contributed by atoms with van der Waals surface area (Å²) in [7, 11) is 0. The van der Waals surface area contributed by atoms with Gasteiger partial charge in [-0.15, -0.1) is 0 Å². The van der Waals surface area contributed by atoms with Crippen molar-refractivity contribution in [2.45, 2.75) is 12.5 Å². The predicted molar refractivity (Wildman–Crippen MR) is 103 cm³/mol. The maximum absolute atomic E-state index is 14.1. The third-order valence-electron chi connectivity index (χ3n) is 4.24. The Morgan fingerprint density at radius 2 is 1.93 bits per heavy atom. The molecular weight excluding hydrogens is 448 g/mol. The SMILES string of the molecule is N#Cc1cc(F)c(C(=O)N[C@@H](Cc2ccc(Br)c3ncccc23)C(=O)O)c(F)c1. The van der Waals surface area contributed by atoms with Gasteiger partial charge in [0.2, 0.25) is 0 Å². The predicted octanol–water partition coefficient (Wildman–Crippen LogP) is 3.57. The van der Waals surface area contributed by atoms with E-state index in [1.165, 1.54) is 0 Å². The van der Waals surface area contributed by atoms with Crippen LogP contribution in [0, 0.1) is 23.0 Å². The van der Waals surface area contributed by atoms with Crippen LogP contribution >= 0.6 is 15.9 Å². The zero-order valence-electron chi connectivity index (χ0n) is 14.6. The maximum Gasteiger partial charge on any atom is 0.326 e. The van der Waals surface area contributed by atoms with Crippen molar-refractivity contribution < 1.29 is 23.5 Å². The number of nitriles is 1. The molecule has 0 aliphatic rings. The molecule has 3 rings (SSSR count). The number of nitrogens with zero attached hydrogens (tertiary/aromatic N) is 2. The van der Waals surface area contributed by atoms with Crippen molar-refractivity contribution in [2.75, 3.05) is 0 Å². The zero-order chi connectivity index (χ0) is 21.1. The van der Waals surface area contributed by atoms with Gasteiger partial charge in [-0.1, -0.05) is 12.1 Å². The van der Waals surface area contributed by atoms with E-state index in [0.29, 0.717) is 28.6 Å². The Balaban J connectivity index is 1.91. The standard InChI is InChI=1S/C20H12BrF2N3O3/c21-13-4-3-11(12-2-1-5-25-18(12)13)8-16(20(28)29)26-19(27)17-14(22)6-10(9-24)7-15(17)23/h1-7,16H,8H2,(H,26,27)(H,28,29)/t16-/m0/s1. The molecule has 0 aliphatic carbocycles. The number of hydrogen-bond donors (Lipinski definition) is 2. The summed E-state index contributed by atoms with van der Waals surface area (Å²) in [5.74, 6) is -5.09. The van der Waals surface area contributed by atoms with Crippen molar-refractivity contribution in [1.29, 1.82) is 5.26 Å². The normalized spacial score (nSPS) is 11.7. The topological polar surface area (TPSA) is 103 Å². The number of carbonyl (C=O) groups excluding carboxylic acids is 1. The molecule has 0 radical (unpaired) electrons. The van der Waals surface area contributed by atoms with Gasteiger partial charge in [0.25, 0.3) is 5.91 Å². The lowest BCUT2D eigenvalue weighted by atomic mass is 10.0. The van der Waals surface area contributed by atoms with Crippen LogP contribution in [0.1, 0.15) is 21.5 Å². The molecular formula is C20H12BrF2N3O3. The number of rotatable bonds is 5. The molecule has 0 saturated carbocycles. The third-order valence-corrected chi connectivity index (χ3v) is 4.88. The van der Waals surface area contributed by atoms with Gasteiger partial charge in [0.15, 0.2) is 0 Å². The number of pyridine rings is 1. The summed E-state index contributed by atoms with van der Waals surface area (Å²) in [4.78, 5) is 28.3. The minimum Gasteiger partial charge on any atom is -0.480 e. The number of benzene rings is 2. The van der Waals surface area contributed by atoms with E-state index in [1.54, 1.807) is 36.5 Å². The van der Waals surface area contributed by atoms with E-state index >= 15 is 0 Å². The number of halogens is 3. The summed E-state index contributed by atoms with van der Waals surface area (Å²) >= 11 is 3.37. The van der Waals surface area contributed by atoms with Crippen LogP contribution in [-0.4, -0.2) is 28.0 Å². The zero-order valence-corrected chi connectivity index (χ0v) is 16.2. The summed E-state index contributed by atoms with van der Waals surface area (Å²) in [5, 5.41) is 21.1. The summed E-state index contributed by atoms with van der Waals surface area (Å²) < 4.78 is 28.9. The highest BCUT2D eigenvalue weighted by atomic mass is 79.9. The van der Waals surface area contributed by atoms with E-state index in [4.69, 9.17) is 5.26 Å². The average molecular weight is 460 g/mol. The van der Waals surface area contributed by atoms with E-state index in [-0.39, 0.29) is 12.0 Å². The number of carboxylic acids is 1. The van der Waals surface area contributed by atoms with Gasteiger partial charge in [-0.2, -0.15) is 5.26 Å². The first-order valence-electron chi connectivity index (χ1n) is 8.26. The van der Waals surface area contributed by atoms with Crippen molar-refractivity contribution in [3.63, 3.8) is 0 Å². The Bertz CT molecular complexity index is 1150. The first kappa shape index (κ1) is 20.4. The number of aliphatic carboxylic acids is 1. The minimum atomic E-state index is -1.44. The smallest absolute Gasteiger partial charge is 0.326 e. The number of hydrogen-bond acceptors (Lipinski definition) is 4. The molecule has 9 heteroatoms. The Morgan fingerprint density at radius 1 is 1.24 bits per heavy atom. The molecule has 0 aliphatic heterocycles. The van der Waals surface area contributed by atoms with Gasteiger partial charge in [0, 0.05) is 22.5 Å². The Labute approximate surface area is 171 Å². The van der Waals surface area contributed by atoms with Crippen LogP contribution in [0.5, 0.6) is 0 Å². The highest BCUT2D eigenvalue weighted by Crippen LogP contribution is 2.26. The van der Waals surface area contributed by atoms with E-state index in [9.17, 15) is 23.5 Å². The minimum absolute atomic E-state index is 0.129. The van der Waals surface area contributed by atoms with E-state index in [1.807, 2.05) is 0 Å². The van der Waals surface area contributed by atoms with Gasteiger partial charge >= 0.3 is 5.97 Å². The molecule has 3 aromatic rings. The lowest BCUT2D eigenvalue weighted by Gasteiger charge is -2.17. The molecule has 0 fully saturated rings. The van der Waals surface area contributed by atoms with Crippen LogP contribution in [0.3, 0.4) is 0 Å². The lowest BCUT2D eigenvalue weighted by molar-refractivity contribution is -0.139. The fraction of sp³-hybridized carbons (Fsp3) is 0.100. The fourth-order valence-corrected chi connectivity index (χ4v) is 3.33. The molecule has 0 spiro atoms. The van der Waals surface area contributed by atoms with Gasteiger partial charge in [-0.3, -0.25) is 9.78 Å². The molecule has 0 bridgehead atoms. The van der Waals surface area contributed by atoms with Crippen molar-refractivity contribution in [3.05, 3.63) is 75.4 Å². The van der Waals surface area contributed by atoms with Gasteiger partial charge in [0.1, 0.15) is 23.2 Å². The first-order chi connectivity index (χ1) is 13.8. The van der Waals surface area contributed by atoms with E-state index in [0.717, 1.165) is 4.47 Å². The molecule has 29 heavy (non-hydrogen) atoms. The van der Waals surface area contributed by atoms with Crippen molar-refractivity contribution in [3.8, 4) is 6.07 Å². The number of aromatic nitrogens is 1. The number of carboxylic acid groups (broad SMARTS) is 1. The van der Waals surface area contributed by atoms with Gasteiger partial charge < -0.3 is 10.4 Å². The largest absolute Gasteiger partial charge is 0.480 e. The Morgan fingerprint density at radius 3 is 2.55 bits per heavy atom. The summed E-state index contributed by atoms with van der Waals surface area (Å²) in [6.07, 6.45) is 1.46. The number of nitrogens with one attached hydrogen (secondary N) is 1. The molecule has 0 unspecified atom stereocenters. The second kappa shape index (κ2) is 8.32. The maximum atomic E-state index is 14.1. The fourth-order valence-electron chi connectivity index (χ4n) is 2.88. The molecule has 1 heterocycles. The van der Waals surface area contributed by atoms with E-state index in [2.05, 4.69) is 26.2 Å². The number of amides is 1. The van der Waals surface area contributed by atoms with Crippen LogP contribution in [0.25, 0.3) is 10.9 Å². The third kappa shape index (κ3) is 4.22. The van der Waals surface area contributed by atoms with Crippen LogP contribution < -0.4 is 5.32 Å². The van der Waals surface area contributed by atoms with Crippen LogP contribution in [0.15, 0.2) is 47.1 Å². The summed E-state index contributed by atoms with van der Waals surface area (Å²) in [6.45, 7) is 0. The second-order valence-corrected chi connectivity index (χ2v) is 6.96.